The van der Waals surface area contributed by atoms with Crippen molar-refractivity contribution in [2.45, 2.75) is 24.6 Å². The molecule has 1 aliphatic heterocycles. The first-order valence-corrected chi connectivity index (χ1v) is 5.72. The van der Waals surface area contributed by atoms with Crippen molar-refractivity contribution >= 4 is 11.7 Å². The molecule has 7 heteroatoms. The molecule has 0 radical (unpaired) electrons. The van der Waals surface area contributed by atoms with Crippen LogP contribution in [0.4, 0.5) is 5.69 Å². The fourth-order valence-corrected chi connectivity index (χ4v) is 1.81. The zero-order chi connectivity index (χ0) is 14.0. The third-order valence-corrected chi connectivity index (χ3v) is 2.90. The Kier molecular flexibility index (Phi) is 4.01. The zero-order valence-corrected chi connectivity index (χ0v) is 9.97. The third kappa shape index (κ3) is 2.69. The average Bonchev–Trinajstić information content (AvgIpc) is 2.67. The first-order valence-electron chi connectivity index (χ1n) is 5.72. The maximum absolute atomic E-state index is 11.8. The molecule has 2 rings (SSSR count). The van der Waals surface area contributed by atoms with Crippen LogP contribution in [0.2, 0.25) is 0 Å². The highest BCUT2D eigenvalue weighted by atomic mass is 16.7. The summed E-state index contributed by atoms with van der Waals surface area (Å²) < 4.78 is 9.96. The number of carbonyl (C=O) groups excluding carboxylic acids is 1. The summed E-state index contributed by atoms with van der Waals surface area (Å²) in [5.41, 5.74) is 5.99. The molecular formula is C12H15NO6. The van der Waals surface area contributed by atoms with Crippen molar-refractivity contribution in [1.82, 2.24) is 0 Å². The summed E-state index contributed by atoms with van der Waals surface area (Å²) in [5, 5.41) is 28.1. The highest BCUT2D eigenvalue weighted by Gasteiger charge is 2.44. The topological polar surface area (TPSA) is 122 Å². The van der Waals surface area contributed by atoms with Crippen molar-refractivity contribution in [2.75, 3.05) is 12.3 Å². The SMILES string of the molecule is Nc1ccccc1C(=O)OC1O[C@H](CO)[C@@H](O)[C@H]1O. The Morgan fingerprint density at radius 3 is 2.58 bits per heavy atom. The molecule has 19 heavy (non-hydrogen) atoms. The molecular weight excluding hydrogens is 254 g/mol. The molecule has 1 aromatic rings. The zero-order valence-electron chi connectivity index (χ0n) is 9.97. The average molecular weight is 269 g/mol. The second-order valence-corrected chi connectivity index (χ2v) is 4.20. The lowest BCUT2D eigenvalue weighted by atomic mass is 10.1. The number of aliphatic hydroxyl groups is 3. The highest BCUT2D eigenvalue weighted by molar-refractivity contribution is 5.95. The number of esters is 1. The Balaban J connectivity index is 2.06. The maximum atomic E-state index is 11.8. The number of carbonyl (C=O) groups is 1. The number of hydrogen-bond donors (Lipinski definition) is 4. The van der Waals surface area contributed by atoms with Crippen LogP contribution < -0.4 is 5.73 Å². The summed E-state index contributed by atoms with van der Waals surface area (Å²) in [4.78, 5) is 11.8. The van der Waals surface area contributed by atoms with E-state index in [9.17, 15) is 15.0 Å². The molecule has 0 amide bonds. The van der Waals surface area contributed by atoms with Crippen molar-refractivity contribution in [3.05, 3.63) is 29.8 Å². The van der Waals surface area contributed by atoms with Crippen LogP contribution in [-0.4, -0.2) is 52.5 Å². The van der Waals surface area contributed by atoms with E-state index in [1.54, 1.807) is 12.1 Å². The summed E-state index contributed by atoms with van der Waals surface area (Å²) in [5.74, 6) is -0.770. The van der Waals surface area contributed by atoms with Gasteiger partial charge in [0.2, 0.25) is 6.29 Å². The Bertz CT molecular complexity index is 465. The Hall–Kier alpha value is -1.67. The van der Waals surface area contributed by atoms with Gasteiger partial charge in [0.15, 0.2) is 0 Å². The molecule has 0 aliphatic carbocycles. The molecule has 1 saturated heterocycles. The van der Waals surface area contributed by atoms with Crippen molar-refractivity contribution in [3.63, 3.8) is 0 Å². The number of aliphatic hydroxyl groups excluding tert-OH is 3. The van der Waals surface area contributed by atoms with E-state index in [1.807, 2.05) is 0 Å². The van der Waals surface area contributed by atoms with Crippen LogP contribution in [0, 0.1) is 0 Å². The van der Waals surface area contributed by atoms with Gasteiger partial charge in [0.05, 0.1) is 12.2 Å². The van der Waals surface area contributed by atoms with Crippen LogP contribution in [0.3, 0.4) is 0 Å². The Morgan fingerprint density at radius 1 is 1.32 bits per heavy atom. The number of para-hydroxylation sites is 1. The second-order valence-electron chi connectivity index (χ2n) is 4.20. The fourth-order valence-electron chi connectivity index (χ4n) is 1.81. The molecule has 104 valence electrons. The van der Waals surface area contributed by atoms with Crippen LogP contribution in [0.15, 0.2) is 24.3 Å². The Morgan fingerprint density at radius 2 is 2.00 bits per heavy atom. The summed E-state index contributed by atoms with van der Waals surface area (Å²) >= 11 is 0. The van der Waals surface area contributed by atoms with Gasteiger partial charge in [-0.25, -0.2) is 4.79 Å². The van der Waals surface area contributed by atoms with Crippen molar-refractivity contribution in [1.29, 1.82) is 0 Å². The molecule has 0 aromatic heterocycles. The molecule has 1 fully saturated rings. The smallest absolute Gasteiger partial charge is 0.342 e. The third-order valence-electron chi connectivity index (χ3n) is 2.90. The monoisotopic (exact) mass is 269 g/mol. The van der Waals surface area contributed by atoms with Gasteiger partial charge in [0.1, 0.15) is 18.3 Å². The van der Waals surface area contributed by atoms with E-state index >= 15 is 0 Å². The standard InChI is InChI=1S/C12H15NO6/c13-7-4-2-1-3-6(7)11(17)19-12-10(16)9(15)8(5-14)18-12/h1-4,8-10,12,14-16H,5,13H2/t8-,9-,10-,12?/m1/s1. The lowest BCUT2D eigenvalue weighted by Crippen LogP contribution is -2.35. The number of nitrogens with two attached hydrogens (primary N) is 1. The molecule has 7 nitrogen and oxygen atoms in total. The van der Waals surface area contributed by atoms with Gasteiger partial charge in [-0.15, -0.1) is 0 Å². The fraction of sp³-hybridized carbons (Fsp3) is 0.417. The molecule has 5 N–H and O–H groups in total. The normalized spacial score (nSPS) is 30.3. The number of hydrogen-bond acceptors (Lipinski definition) is 7. The number of rotatable bonds is 3. The maximum Gasteiger partial charge on any atom is 0.342 e. The molecule has 0 spiro atoms. The van der Waals surface area contributed by atoms with Gasteiger partial charge in [-0.1, -0.05) is 12.1 Å². The van der Waals surface area contributed by atoms with Gasteiger partial charge in [-0.2, -0.15) is 0 Å². The first-order chi connectivity index (χ1) is 9.04. The van der Waals surface area contributed by atoms with Gasteiger partial charge >= 0.3 is 5.97 Å². The predicted molar refractivity (Wildman–Crippen MR) is 64.0 cm³/mol. The minimum absolute atomic E-state index is 0.139. The number of anilines is 1. The van der Waals surface area contributed by atoms with E-state index in [2.05, 4.69) is 0 Å². The number of nitrogen functional groups attached to an aromatic ring is 1. The van der Waals surface area contributed by atoms with Crippen LogP contribution >= 0.6 is 0 Å². The molecule has 4 atom stereocenters. The molecule has 1 aliphatic rings. The summed E-state index contributed by atoms with van der Waals surface area (Å²) in [6, 6.07) is 6.29. The van der Waals surface area contributed by atoms with E-state index < -0.39 is 37.2 Å². The first kappa shape index (κ1) is 13.8. The minimum Gasteiger partial charge on any atom is -0.429 e. The van der Waals surface area contributed by atoms with Crippen LogP contribution in [0.1, 0.15) is 10.4 Å². The van der Waals surface area contributed by atoms with E-state index in [1.165, 1.54) is 12.1 Å². The van der Waals surface area contributed by atoms with Crippen LogP contribution in [-0.2, 0) is 9.47 Å². The van der Waals surface area contributed by atoms with Crippen LogP contribution in [0.25, 0.3) is 0 Å². The number of benzene rings is 1. The summed E-state index contributed by atoms with van der Waals surface area (Å²) in [7, 11) is 0. The molecule has 1 aromatic carbocycles. The van der Waals surface area contributed by atoms with Crippen molar-refractivity contribution in [3.8, 4) is 0 Å². The largest absolute Gasteiger partial charge is 0.429 e. The van der Waals surface area contributed by atoms with Gasteiger partial charge in [0.25, 0.3) is 0 Å². The molecule has 0 saturated carbocycles. The van der Waals surface area contributed by atoms with Crippen LogP contribution in [0.5, 0.6) is 0 Å². The van der Waals surface area contributed by atoms with E-state index in [4.69, 9.17) is 20.3 Å². The van der Waals surface area contributed by atoms with E-state index in [-0.39, 0.29) is 11.3 Å². The Labute approximate surface area is 109 Å². The lowest BCUT2D eigenvalue weighted by molar-refractivity contribution is -0.139. The van der Waals surface area contributed by atoms with Gasteiger partial charge < -0.3 is 30.5 Å². The molecule has 0 bridgehead atoms. The van der Waals surface area contributed by atoms with Gasteiger partial charge in [-0.3, -0.25) is 0 Å². The second kappa shape index (κ2) is 5.54. The lowest BCUT2D eigenvalue weighted by Gasteiger charge is -2.15. The van der Waals surface area contributed by atoms with Gasteiger partial charge in [0, 0.05) is 5.69 Å². The van der Waals surface area contributed by atoms with Gasteiger partial charge in [-0.05, 0) is 12.1 Å². The predicted octanol–water partition coefficient (Wildman–Crippen LogP) is -1.14. The molecule has 1 unspecified atom stereocenters. The summed E-state index contributed by atoms with van der Waals surface area (Å²) in [6.45, 7) is -0.486. The quantitative estimate of drug-likeness (QED) is 0.404. The number of ether oxygens (including phenoxy) is 2. The molecule has 1 heterocycles. The van der Waals surface area contributed by atoms with E-state index in [0.717, 1.165) is 0 Å². The highest BCUT2D eigenvalue weighted by Crippen LogP contribution is 2.23. The minimum atomic E-state index is -1.41. The van der Waals surface area contributed by atoms with E-state index in [0.29, 0.717) is 0 Å². The van der Waals surface area contributed by atoms with Crippen molar-refractivity contribution in [2.24, 2.45) is 0 Å². The van der Waals surface area contributed by atoms with Crippen molar-refractivity contribution < 1.29 is 29.6 Å². The summed E-state index contributed by atoms with van der Waals surface area (Å²) in [6.07, 6.45) is -5.04.